The van der Waals surface area contributed by atoms with Crippen molar-refractivity contribution in [2.75, 3.05) is 6.54 Å². The second-order valence-electron chi connectivity index (χ2n) is 4.47. The zero-order valence-electron chi connectivity index (χ0n) is 10.1. The first-order valence-electron chi connectivity index (χ1n) is 6.16. The van der Waals surface area contributed by atoms with Crippen molar-refractivity contribution in [3.05, 3.63) is 34.3 Å². The molecule has 0 spiro atoms. The summed E-state index contributed by atoms with van der Waals surface area (Å²) in [7, 11) is 0. The van der Waals surface area contributed by atoms with E-state index < -0.39 is 0 Å². The largest absolute Gasteiger partial charge is 0.336 e. The van der Waals surface area contributed by atoms with Crippen LogP contribution < -0.4 is 0 Å². The minimum atomic E-state index is 0.0721. The molecule has 1 saturated heterocycles. The van der Waals surface area contributed by atoms with E-state index in [-0.39, 0.29) is 11.9 Å². The van der Waals surface area contributed by atoms with Crippen molar-refractivity contribution < 1.29 is 4.79 Å². The molecule has 1 amide bonds. The van der Waals surface area contributed by atoms with Crippen molar-refractivity contribution in [2.45, 2.75) is 31.7 Å². The number of halogens is 1. The summed E-state index contributed by atoms with van der Waals surface area (Å²) in [5.41, 5.74) is 0.710. The van der Waals surface area contributed by atoms with Crippen molar-refractivity contribution in [3.8, 4) is 6.07 Å². The Balaban J connectivity index is 2.13. The number of amides is 1. The van der Waals surface area contributed by atoms with Gasteiger partial charge in [-0.3, -0.25) is 4.79 Å². The van der Waals surface area contributed by atoms with E-state index in [1.54, 1.807) is 0 Å². The summed E-state index contributed by atoms with van der Waals surface area (Å²) in [5, 5.41) is 8.65. The molecule has 1 aliphatic rings. The fraction of sp³-hybridized carbons (Fsp3) is 0.429. The second kappa shape index (κ2) is 6.01. The standard InChI is InChI=1S/C14H15BrN2O/c15-13-8-2-1-7-12(13)14(18)17-10-4-6-11(17)5-3-9-16/h1-2,7-8,11H,3-6,10H2/t11-/m1/s1. The monoisotopic (exact) mass is 306 g/mol. The molecule has 1 aromatic rings. The van der Waals surface area contributed by atoms with Crippen LogP contribution in [0.3, 0.4) is 0 Å². The Morgan fingerprint density at radius 3 is 3.00 bits per heavy atom. The molecule has 1 heterocycles. The number of nitriles is 1. The van der Waals surface area contributed by atoms with Crippen LogP contribution in [-0.2, 0) is 0 Å². The van der Waals surface area contributed by atoms with Crippen LogP contribution >= 0.6 is 15.9 Å². The smallest absolute Gasteiger partial charge is 0.255 e. The van der Waals surface area contributed by atoms with Gasteiger partial charge in [-0.05, 0) is 47.3 Å². The first-order chi connectivity index (χ1) is 8.74. The van der Waals surface area contributed by atoms with E-state index in [1.165, 1.54) is 0 Å². The molecule has 94 valence electrons. The van der Waals surface area contributed by atoms with Gasteiger partial charge in [-0.25, -0.2) is 0 Å². The minimum Gasteiger partial charge on any atom is -0.336 e. The number of hydrogen-bond acceptors (Lipinski definition) is 2. The number of hydrogen-bond donors (Lipinski definition) is 0. The van der Waals surface area contributed by atoms with E-state index in [0.717, 1.165) is 30.3 Å². The first-order valence-corrected chi connectivity index (χ1v) is 6.96. The van der Waals surface area contributed by atoms with Crippen LogP contribution in [0.25, 0.3) is 0 Å². The normalized spacial score (nSPS) is 18.7. The Morgan fingerprint density at radius 1 is 1.50 bits per heavy atom. The fourth-order valence-electron chi connectivity index (χ4n) is 2.42. The van der Waals surface area contributed by atoms with Gasteiger partial charge in [-0.15, -0.1) is 0 Å². The van der Waals surface area contributed by atoms with Crippen LogP contribution in [0.4, 0.5) is 0 Å². The molecule has 4 heteroatoms. The topological polar surface area (TPSA) is 44.1 Å². The summed E-state index contributed by atoms with van der Waals surface area (Å²) in [6.07, 6.45) is 3.35. The predicted molar refractivity (Wildman–Crippen MR) is 73.0 cm³/mol. The highest BCUT2D eigenvalue weighted by atomic mass is 79.9. The predicted octanol–water partition coefficient (Wildman–Crippen LogP) is 3.36. The van der Waals surface area contributed by atoms with Gasteiger partial charge in [-0.1, -0.05) is 12.1 Å². The molecular weight excluding hydrogens is 292 g/mol. The molecule has 2 rings (SSSR count). The van der Waals surface area contributed by atoms with Crippen LogP contribution in [0.1, 0.15) is 36.0 Å². The Hall–Kier alpha value is -1.34. The first kappa shape index (κ1) is 13.1. The summed E-state index contributed by atoms with van der Waals surface area (Å²) < 4.78 is 0.834. The summed E-state index contributed by atoms with van der Waals surface area (Å²) in [6, 6.07) is 9.88. The average molecular weight is 307 g/mol. The molecule has 0 aromatic heterocycles. The number of benzene rings is 1. The van der Waals surface area contributed by atoms with E-state index in [1.807, 2.05) is 29.2 Å². The molecule has 0 aliphatic carbocycles. The van der Waals surface area contributed by atoms with Gasteiger partial charge in [0.05, 0.1) is 11.6 Å². The van der Waals surface area contributed by atoms with Crippen molar-refractivity contribution in [1.82, 2.24) is 4.90 Å². The summed E-state index contributed by atoms with van der Waals surface area (Å²) in [5.74, 6) is 0.0721. The maximum absolute atomic E-state index is 12.5. The van der Waals surface area contributed by atoms with Crippen LogP contribution in [0, 0.1) is 11.3 Å². The fourth-order valence-corrected chi connectivity index (χ4v) is 2.88. The third-order valence-corrected chi connectivity index (χ3v) is 4.02. The van der Waals surface area contributed by atoms with Crippen molar-refractivity contribution in [1.29, 1.82) is 5.26 Å². The Kier molecular flexibility index (Phi) is 4.38. The third kappa shape index (κ3) is 2.73. The average Bonchev–Trinajstić information content (AvgIpc) is 2.84. The van der Waals surface area contributed by atoms with E-state index in [9.17, 15) is 4.79 Å². The van der Waals surface area contributed by atoms with Gasteiger partial charge in [-0.2, -0.15) is 5.26 Å². The summed E-state index contributed by atoms with van der Waals surface area (Å²) in [4.78, 5) is 14.4. The highest BCUT2D eigenvalue weighted by molar-refractivity contribution is 9.10. The molecule has 1 aromatic carbocycles. The minimum absolute atomic E-state index is 0.0721. The van der Waals surface area contributed by atoms with E-state index in [2.05, 4.69) is 22.0 Å². The lowest BCUT2D eigenvalue weighted by atomic mass is 10.1. The van der Waals surface area contributed by atoms with Crippen LogP contribution in [0.2, 0.25) is 0 Å². The van der Waals surface area contributed by atoms with Gasteiger partial charge in [0, 0.05) is 23.5 Å². The van der Waals surface area contributed by atoms with Crippen molar-refractivity contribution in [2.24, 2.45) is 0 Å². The van der Waals surface area contributed by atoms with Gasteiger partial charge in [0.1, 0.15) is 0 Å². The molecular formula is C14H15BrN2O. The molecule has 0 bridgehead atoms. The number of rotatable bonds is 3. The van der Waals surface area contributed by atoms with Crippen molar-refractivity contribution >= 4 is 21.8 Å². The SMILES string of the molecule is N#CCC[C@@H]1CCCN1C(=O)c1ccccc1Br. The lowest BCUT2D eigenvalue weighted by Gasteiger charge is -2.24. The number of nitrogens with zero attached hydrogens (tertiary/aromatic N) is 2. The molecule has 0 saturated carbocycles. The van der Waals surface area contributed by atoms with Gasteiger partial charge in [0.15, 0.2) is 0 Å². The highest BCUT2D eigenvalue weighted by Gasteiger charge is 2.29. The zero-order valence-corrected chi connectivity index (χ0v) is 11.7. The van der Waals surface area contributed by atoms with E-state index in [4.69, 9.17) is 5.26 Å². The summed E-state index contributed by atoms with van der Waals surface area (Å²) >= 11 is 3.42. The van der Waals surface area contributed by atoms with Crippen LogP contribution in [0.15, 0.2) is 28.7 Å². The lowest BCUT2D eigenvalue weighted by molar-refractivity contribution is 0.0730. The van der Waals surface area contributed by atoms with E-state index in [0.29, 0.717) is 12.0 Å². The van der Waals surface area contributed by atoms with Crippen LogP contribution in [-0.4, -0.2) is 23.4 Å². The molecule has 0 radical (unpaired) electrons. The van der Waals surface area contributed by atoms with Gasteiger partial charge in [0.25, 0.3) is 5.91 Å². The maximum Gasteiger partial charge on any atom is 0.255 e. The van der Waals surface area contributed by atoms with E-state index >= 15 is 0 Å². The Morgan fingerprint density at radius 2 is 2.28 bits per heavy atom. The van der Waals surface area contributed by atoms with Gasteiger partial charge >= 0.3 is 0 Å². The molecule has 18 heavy (non-hydrogen) atoms. The molecule has 1 aliphatic heterocycles. The highest BCUT2D eigenvalue weighted by Crippen LogP contribution is 2.26. The van der Waals surface area contributed by atoms with Gasteiger partial charge < -0.3 is 4.90 Å². The zero-order chi connectivity index (χ0) is 13.0. The summed E-state index contributed by atoms with van der Waals surface area (Å²) in [6.45, 7) is 0.802. The van der Waals surface area contributed by atoms with Crippen molar-refractivity contribution in [3.63, 3.8) is 0 Å². The molecule has 1 fully saturated rings. The van der Waals surface area contributed by atoms with Gasteiger partial charge in [0.2, 0.25) is 0 Å². The quantitative estimate of drug-likeness (QED) is 0.859. The molecule has 0 unspecified atom stereocenters. The Bertz CT molecular complexity index is 481. The molecule has 3 nitrogen and oxygen atoms in total. The number of carbonyl (C=O) groups is 1. The number of carbonyl (C=O) groups excluding carboxylic acids is 1. The lowest BCUT2D eigenvalue weighted by Crippen LogP contribution is -2.35. The Labute approximate surface area is 116 Å². The second-order valence-corrected chi connectivity index (χ2v) is 5.33. The van der Waals surface area contributed by atoms with Crippen LogP contribution in [0.5, 0.6) is 0 Å². The number of likely N-dealkylation sites (tertiary alicyclic amines) is 1. The molecule has 1 atom stereocenters. The molecule has 0 N–H and O–H groups in total. The maximum atomic E-state index is 12.5. The third-order valence-electron chi connectivity index (χ3n) is 3.33.